The molecule has 4 aromatic rings. The Balaban J connectivity index is 1.73. The zero-order valence-electron chi connectivity index (χ0n) is 17.2. The Morgan fingerprint density at radius 2 is 1.69 bits per heavy atom. The van der Waals surface area contributed by atoms with Gasteiger partial charge in [0.1, 0.15) is 5.69 Å². The molecule has 0 spiro atoms. The molecule has 11 heteroatoms. The Morgan fingerprint density at radius 1 is 1.00 bits per heavy atom. The minimum absolute atomic E-state index is 0.0599. The molecule has 3 aromatic heterocycles. The van der Waals surface area contributed by atoms with Crippen LogP contribution < -0.4 is 4.90 Å². The van der Waals surface area contributed by atoms with Crippen molar-refractivity contribution in [3.63, 3.8) is 0 Å². The first-order valence-corrected chi connectivity index (χ1v) is 9.61. The van der Waals surface area contributed by atoms with Gasteiger partial charge in [-0.3, -0.25) is 19.7 Å². The smallest absolute Gasteiger partial charge is 0.268 e. The summed E-state index contributed by atoms with van der Waals surface area (Å²) in [4.78, 5) is 51.3. The van der Waals surface area contributed by atoms with Gasteiger partial charge in [-0.1, -0.05) is 12.1 Å². The summed E-state index contributed by atoms with van der Waals surface area (Å²) in [5, 5.41) is 16.3. The second kappa shape index (κ2) is 6.74. The molecule has 0 atom stereocenters. The fourth-order valence-electron chi connectivity index (χ4n) is 3.93. The minimum Gasteiger partial charge on any atom is -0.268 e. The van der Waals surface area contributed by atoms with Gasteiger partial charge in [-0.2, -0.15) is 9.78 Å². The predicted molar refractivity (Wildman–Crippen MR) is 113 cm³/mol. The zero-order chi connectivity index (χ0) is 22.7. The molecular formula is C21H15N7O4. The number of hydrogen-bond donors (Lipinski definition) is 0. The number of benzene rings is 1. The highest BCUT2D eigenvalue weighted by Gasteiger charge is 2.42. The summed E-state index contributed by atoms with van der Waals surface area (Å²) in [7, 11) is 0. The number of carbonyl (C=O) groups is 2. The van der Waals surface area contributed by atoms with Crippen LogP contribution in [-0.2, 0) is 0 Å². The van der Waals surface area contributed by atoms with Crippen molar-refractivity contribution in [3.8, 4) is 5.95 Å². The fourth-order valence-corrected chi connectivity index (χ4v) is 3.93. The molecule has 1 aromatic carbocycles. The molecule has 0 radical (unpaired) electrons. The van der Waals surface area contributed by atoms with Crippen LogP contribution in [0.2, 0.25) is 0 Å². The lowest BCUT2D eigenvalue weighted by molar-refractivity contribution is -0.384. The second-order valence-corrected chi connectivity index (χ2v) is 7.38. The molecule has 0 saturated carbocycles. The number of nitro benzene ring substituents is 1. The number of nitrogens with zero attached hydrogens (tertiary/aromatic N) is 7. The van der Waals surface area contributed by atoms with Crippen LogP contribution in [0, 0.1) is 30.9 Å². The van der Waals surface area contributed by atoms with Gasteiger partial charge >= 0.3 is 0 Å². The van der Waals surface area contributed by atoms with Crippen LogP contribution in [0.4, 0.5) is 11.4 Å². The van der Waals surface area contributed by atoms with E-state index in [0.717, 1.165) is 16.3 Å². The van der Waals surface area contributed by atoms with Gasteiger partial charge in [0, 0.05) is 23.7 Å². The number of para-hydroxylation sites is 2. The maximum atomic E-state index is 13.4. The van der Waals surface area contributed by atoms with Crippen molar-refractivity contribution < 1.29 is 14.5 Å². The molecule has 158 valence electrons. The van der Waals surface area contributed by atoms with Crippen molar-refractivity contribution in [2.75, 3.05) is 4.90 Å². The Hall–Kier alpha value is -4.54. The topological polar surface area (TPSA) is 137 Å². The second-order valence-electron chi connectivity index (χ2n) is 7.38. The number of rotatable bonds is 3. The molecule has 0 aliphatic carbocycles. The number of carbonyl (C=O) groups excluding carboxylic acids is 2. The van der Waals surface area contributed by atoms with E-state index in [1.54, 1.807) is 6.92 Å². The molecule has 11 nitrogen and oxygen atoms in total. The van der Waals surface area contributed by atoms with Crippen molar-refractivity contribution in [1.29, 1.82) is 0 Å². The van der Waals surface area contributed by atoms with Crippen LogP contribution in [-0.4, -0.2) is 41.5 Å². The van der Waals surface area contributed by atoms with Gasteiger partial charge in [-0.15, -0.1) is 0 Å². The Bertz CT molecular complexity index is 1470. The van der Waals surface area contributed by atoms with Gasteiger partial charge in [0.25, 0.3) is 23.5 Å². The van der Waals surface area contributed by atoms with Crippen LogP contribution >= 0.6 is 0 Å². The van der Waals surface area contributed by atoms with Crippen molar-refractivity contribution >= 4 is 34.2 Å². The fraction of sp³-hybridized carbons (Fsp3) is 0.143. The van der Waals surface area contributed by atoms with Crippen LogP contribution in [0.15, 0.2) is 36.5 Å². The Kier molecular flexibility index (Phi) is 4.09. The molecular weight excluding hydrogens is 414 g/mol. The molecule has 32 heavy (non-hydrogen) atoms. The lowest BCUT2D eigenvalue weighted by Gasteiger charge is -2.13. The Morgan fingerprint density at radius 3 is 2.38 bits per heavy atom. The van der Waals surface area contributed by atoms with E-state index in [-0.39, 0.29) is 22.5 Å². The number of hydrogen-bond acceptors (Lipinski definition) is 8. The third kappa shape index (κ3) is 2.68. The van der Waals surface area contributed by atoms with Gasteiger partial charge in [0.15, 0.2) is 5.65 Å². The summed E-state index contributed by atoms with van der Waals surface area (Å²) in [5.74, 6) is -1.06. The number of aryl methyl sites for hydroxylation is 3. The van der Waals surface area contributed by atoms with Crippen LogP contribution in [0.1, 0.15) is 37.8 Å². The summed E-state index contributed by atoms with van der Waals surface area (Å²) in [5.41, 5.74) is 1.97. The normalized spacial score (nSPS) is 13.2. The zero-order valence-corrected chi connectivity index (χ0v) is 17.2. The van der Waals surface area contributed by atoms with Gasteiger partial charge < -0.3 is 0 Å². The third-order valence-corrected chi connectivity index (χ3v) is 5.20. The van der Waals surface area contributed by atoms with Crippen LogP contribution in [0.25, 0.3) is 17.0 Å². The number of imide groups is 1. The van der Waals surface area contributed by atoms with Crippen molar-refractivity contribution in [2.24, 2.45) is 0 Å². The SMILES string of the molecule is Cc1cc(C)nc(-n2nc(C)c3c4c(cnc32)C(=O)N(c2ccccc2[N+](=O)[O-])C4=O)n1. The highest BCUT2D eigenvalue weighted by molar-refractivity contribution is 6.38. The van der Waals surface area contributed by atoms with Gasteiger partial charge in [0.2, 0.25) is 0 Å². The van der Waals surface area contributed by atoms with Gasteiger partial charge in [0.05, 0.1) is 27.1 Å². The summed E-state index contributed by atoms with van der Waals surface area (Å²) < 4.78 is 1.43. The molecule has 2 amide bonds. The summed E-state index contributed by atoms with van der Waals surface area (Å²) in [6.45, 7) is 5.35. The first-order valence-electron chi connectivity index (χ1n) is 9.61. The van der Waals surface area contributed by atoms with E-state index in [9.17, 15) is 19.7 Å². The Labute approximate surface area is 180 Å². The molecule has 0 fully saturated rings. The molecule has 0 saturated heterocycles. The monoisotopic (exact) mass is 429 g/mol. The maximum Gasteiger partial charge on any atom is 0.293 e. The van der Waals surface area contributed by atoms with Crippen molar-refractivity contribution in [3.05, 3.63) is 74.9 Å². The number of anilines is 1. The highest BCUT2D eigenvalue weighted by atomic mass is 16.6. The summed E-state index contributed by atoms with van der Waals surface area (Å²) >= 11 is 0. The number of nitro groups is 1. The van der Waals surface area contributed by atoms with E-state index in [1.807, 2.05) is 19.9 Å². The molecule has 5 rings (SSSR count). The van der Waals surface area contributed by atoms with E-state index in [2.05, 4.69) is 20.1 Å². The van der Waals surface area contributed by atoms with Gasteiger partial charge in [-0.05, 0) is 32.9 Å². The first-order chi connectivity index (χ1) is 15.3. The number of aromatic nitrogens is 5. The molecule has 0 unspecified atom stereocenters. The summed E-state index contributed by atoms with van der Waals surface area (Å²) in [6, 6.07) is 7.43. The molecule has 1 aliphatic rings. The number of amides is 2. The van der Waals surface area contributed by atoms with E-state index in [1.165, 1.54) is 35.1 Å². The maximum absolute atomic E-state index is 13.4. The average Bonchev–Trinajstić information content (AvgIpc) is 3.21. The van der Waals surface area contributed by atoms with E-state index in [0.29, 0.717) is 22.7 Å². The molecule has 1 aliphatic heterocycles. The van der Waals surface area contributed by atoms with E-state index >= 15 is 0 Å². The van der Waals surface area contributed by atoms with E-state index < -0.39 is 16.7 Å². The minimum atomic E-state index is -0.677. The van der Waals surface area contributed by atoms with Crippen LogP contribution in [0.3, 0.4) is 0 Å². The average molecular weight is 429 g/mol. The van der Waals surface area contributed by atoms with Crippen LogP contribution in [0.5, 0.6) is 0 Å². The first kappa shape index (κ1) is 19.4. The van der Waals surface area contributed by atoms with Crippen molar-refractivity contribution in [1.82, 2.24) is 24.7 Å². The lowest BCUT2D eigenvalue weighted by Crippen LogP contribution is -2.30. The lowest BCUT2D eigenvalue weighted by atomic mass is 10.1. The number of fused-ring (bicyclic) bond motifs is 3. The standard InChI is InChI=1S/C21H15N7O4/c1-10-8-11(2)24-21(23-10)27-18-16(12(3)25-27)17-13(9-22-18)19(29)26(20(17)30)14-6-4-5-7-15(14)28(31)32/h4-9H,1-3H3. The highest BCUT2D eigenvalue weighted by Crippen LogP contribution is 2.37. The third-order valence-electron chi connectivity index (χ3n) is 5.20. The largest absolute Gasteiger partial charge is 0.293 e. The van der Waals surface area contributed by atoms with Crippen molar-refractivity contribution in [2.45, 2.75) is 20.8 Å². The van der Waals surface area contributed by atoms with E-state index in [4.69, 9.17) is 0 Å². The predicted octanol–water partition coefficient (Wildman–Crippen LogP) is 2.84. The quantitative estimate of drug-likeness (QED) is 0.275. The number of pyridine rings is 1. The summed E-state index contributed by atoms with van der Waals surface area (Å²) in [6.07, 6.45) is 1.28. The molecule has 4 heterocycles. The molecule has 0 N–H and O–H groups in total. The molecule has 0 bridgehead atoms. The van der Waals surface area contributed by atoms with Gasteiger partial charge in [-0.25, -0.2) is 19.9 Å².